The van der Waals surface area contributed by atoms with Gasteiger partial charge in [-0.3, -0.25) is 0 Å². The maximum Gasteiger partial charge on any atom is -0.0143 e. The molecule has 17 heavy (non-hydrogen) atoms. The second-order valence-corrected chi connectivity index (χ2v) is 4.63. The Kier molecular flexibility index (Phi) is 2.36. The van der Waals surface area contributed by atoms with Crippen molar-refractivity contribution in [3.8, 4) is 0 Å². The monoisotopic (exact) mass is 219 g/mol. The van der Waals surface area contributed by atoms with E-state index in [1.807, 2.05) is 0 Å². The Hall–Kier alpha value is -1.82. The summed E-state index contributed by atoms with van der Waals surface area (Å²) in [7, 11) is 0. The smallest absolute Gasteiger partial charge is 0.0143 e. The van der Waals surface area contributed by atoms with Gasteiger partial charge in [-0.25, -0.2) is 0 Å². The van der Waals surface area contributed by atoms with Gasteiger partial charge in [-0.15, -0.1) is 0 Å². The molecule has 0 aromatic heterocycles. The van der Waals surface area contributed by atoms with Crippen LogP contribution in [0.1, 0.15) is 18.4 Å². The highest BCUT2D eigenvalue weighted by molar-refractivity contribution is 6.02. The molecule has 3 aromatic carbocycles. The lowest BCUT2D eigenvalue weighted by Gasteiger charge is -2.14. The molecule has 0 N–H and O–H groups in total. The Bertz CT molecular complexity index is 624. The Morgan fingerprint density at radius 3 is 1.76 bits per heavy atom. The van der Waals surface area contributed by atoms with E-state index in [-0.39, 0.29) is 0 Å². The van der Waals surface area contributed by atoms with E-state index in [0.29, 0.717) is 5.92 Å². The van der Waals surface area contributed by atoms with E-state index in [1.165, 1.54) is 27.1 Å². The third kappa shape index (κ3) is 1.61. The molecule has 3 aromatic rings. The topological polar surface area (TPSA) is 0 Å². The molecule has 83 valence electrons. The Balaban J connectivity index is 2.56. The van der Waals surface area contributed by atoms with Crippen molar-refractivity contribution in [1.29, 1.82) is 0 Å². The molecule has 0 aliphatic rings. The first kappa shape index (κ1) is 10.3. The SMILES string of the molecule is [CH2]C(C)c1c2ccccc2cc2ccccc12. The fraction of sp³-hybridized carbons (Fsp3) is 0.118. The minimum Gasteiger partial charge on any atom is -0.0616 e. The largest absolute Gasteiger partial charge is 0.0616 e. The molecular weight excluding hydrogens is 204 g/mol. The zero-order chi connectivity index (χ0) is 11.8. The van der Waals surface area contributed by atoms with E-state index in [0.717, 1.165) is 0 Å². The highest BCUT2D eigenvalue weighted by Crippen LogP contribution is 2.33. The van der Waals surface area contributed by atoms with Gasteiger partial charge in [0.15, 0.2) is 0 Å². The highest BCUT2D eigenvalue weighted by Gasteiger charge is 2.09. The lowest BCUT2D eigenvalue weighted by atomic mass is 9.90. The molecule has 1 atom stereocenters. The molecule has 0 aliphatic heterocycles. The molecule has 1 radical (unpaired) electrons. The summed E-state index contributed by atoms with van der Waals surface area (Å²) >= 11 is 0. The highest BCUT2D eigenvalue weighted by atomic mass is 14.1. The van der Waals surface area contributed by atoms with Crippen LogP contribution in [0.15, 0.2) is 54.6 Å². The number of benzene rings is 3. The van der Waals surface area contributed by atoms with Crippen LogP contribution in [0.5, 0.6) is 0 Å². The molecule has 0 heterocycles. The van der Waals surface area contributed by atoms with Gasteiger partial charge in [0.05, 0.1) is 0 Å². The summed E-state index contributed by atoms with van der Waals surface area (Å²) in [4.78, 5) is 0. The van der Waals surface area contributed by atoms with Gasteiger partial charge in [0.2, 0.25) is 0 Å². The second kappa shape index (κ2) is 3.89. The van der Waals surface area contributed by atoms with Gasteiger partial charge in [0, 0.05) is 0 Å². The van der Waals surface area contributed by atoms with Gasteiger partial charge in [-0.2, -0.15) is 0 Å². The summed E-state index contributed by atoms with van der Waals surface area (Å²) in [6, 6.07) is 19.4. The molecule has 0 nitrogen and oxygen atoms in total. The van der Waals surface area contributed by atoms with Crippen molar-refractivity contribution in [2.45, 2.75) is 12.8 Å². The maximum absolute atomic E-state index is 4.21. The molecule has 0 bridgehead atoms. The predicted octanol–water partition coefficient (Wildman–Crippen LogP) is 4.93. The van der Waals surface area contributed by atoms with Gasteiger partial charge in [0.1, 0.15) is 0 Å². The van der Waals surface area contributed by atoms with Crippen molar-refractivity contribution < 1.29 is 0 Å². The molecule has 0 saturated heterocycles. The van der Waals surface area contributed by atoms with Gasteiger partial charge < -0.3 is 0 Å². The summed E-state index contributed by atoms with van der Waals surface area (Å²) in [6.07, 6.45) is 0. The molecule has 0 heteroatoms. The van der Waals surface area contributed by atoms with E-state index in [9.17, 15) is 0 Å². The van der Waals surface area contributed by atoms with E-state index in [4.69, 9.17) is 0 Å². The van der Waals surface area contributed by atoms with E-state index in [2.05, 4.69) is 68.4 Å². The Labute approximate surface area is 102 Å². The molecule has 0 saturated carbocycles. The van der Waals surface area contributed by atoms with Crippen LogP contribution in [0.25, 0.3) is 21.5 Å². The molecule has 3 rings (SSSR count). The standard InChI is InChI=1S/C17H15/c1-12(2)17-15-9-5-3-7-13(15)11-14-8-4-6-10-16(14)17/h3-12H,1H2,2H3. The lowest BCUT2D eigenvalue weighted by Crippen LogP contribution is -1.92. The average Bonchev–Trinajstić information content (AvgIpc) is 2.35. The van der Waals surface area contributed by atoms with Crippen molar-refractivity contribution in [2.75, 3.05) is 0 Å². The molecule has 1 unspecified atom stereocenters. The third-order valence-corrected chi connectivity index (χ3v) is 3.31. The normalized spacial score (nSPS) is 11.5. The Morgan fingerprint density at radius 2 is 1.29 bits per heavy atom. The summed E-state index contributed by atoms with van der Waals surface area (Å²) in [5.41, 5.74) is 1.36. The number of hydrogen-bond acceptors (Lipinski definition) is 0. The van der Waals surface area contributed by atoms with Crippen LogP contribution in [-0.4, -0.2) is 0 Å². The summed E-state index contributed by atoms with van der Waals surface area (Å²) in [6.45, 7) is 6.37. The minimum absolute atomic E-state index is 0.297. The van der Waals surface area contributed by atoms with Gasteiger partial charge in [0.25, 0.3) is 0 Å². The van der Waals surface area contributed by atoms with Crippen LogP contribution in [0.4, 0.5) is 0 Å². The van der Waals surface area contributed by atoms with Crippen molar-refractivity contribution in [3.63, 3.8) is 0 Å². The average molecular weight is 219 g/mol. The zero-order valence-electron chi connectivity index (χ0n) is 9.98. The van der Waals surface area contributed by atoms with Crippen molar-refractivity contribution >= 4 is 21.5 Å². The van der Waals surface area contributed by atoms with E-state index in [1.54, 1.807) is 0 Å². The van der Waals surface area contributed by atoms with Crippen molar-refractivity contribution in [3.05, 3.63) is 67.1 Å². The molecule has 0 aliphatic carbocycles. The number of rotatable bonds is 1. The summed E-state index contributed by atoms with van der Waals surface area (Å²) in [5.74, 6) is 0.297. The Morgan fingerprint density at radius 1 is 0.824 bits per heavy atom. The quantitative estimate of drug-likeness (QED) is 0.509. The van der Waals surface area contributed by atoms with Crippen molar-refractivity contribution in [1.82, 2.24) is 0 Å². The second-order valence-electron chi connectivity index (χ2n) is 4.63. The number of hydrogen-bond donors (Lipinski definition) is 0. The molecular formula is C17H15. The molecule has 0 spiro atoms. The summed E-state index contributed by atoms with van der Waals surface area (Å²) < 4.78 is 0. The first-order chi connectivity index (χ1) is 8.27. The maximum atomic E-state index is 4.21. The fourth-order valence-corrected chi connectivity index (χ4v) is 2.58. The van der Waals surface area contributed by atoms with Crippen LogP contribution in [0.2, 0.25) is 0 Å². The number of fused-ring (bicyclic) bond motifs is 2. The first-order valence-electron chi connectivity index (χ1n) is 6.01. The van der Waals surface area contributed by atoms with Crippen LogP contribution in [0, 0.1) is 6.92 Å². The lowest BCUT2D eigenvalue weighted by molar-refractivity contribution is 0.989. The van der Waals surface area contributed by atoms with Crippen LogP contribution in [-0.2, 0) is 0 Å². The van der Waals surface area contributed by atoms with Crippen LogP contribution >= 0.6 is 0 Å². The molecule has 0 amide bonds. The first-order valence-corrected chi connectivity index (χ1v) is 6.01. The predicted molar refractivity (Wildman–Crippen MR) is 75.2 cm³/mol. The van der Waals surface area contributed by atoms with Gasteiger partial charge in [-0.05, 0) is 46.0 Å². The zero-order valence-corrected chi connectivity index (χ0v) is 9.98. The molecule has 0 fully saturated rings. The minimum atomic E-state index is 0.297. The van der Waals surface area contributed by atoms with E-state index < -0.39 is 0 Å². The van der Waals surface area contributed by atoms with Crippen LogP contribution < -0.4 is 0 Å². The van der Waals surface area contributed by atoms with Gasteiger partial charge >= 0.3 is 0 Å². The summed E-state index contributed by atoms with van der Waals surface area (Å²) in [5, 5.41) is 5.26. The van der Waals surface area contributed by atoms with Crippen LogP contribution in [0.3, 0.4) is 0 Å². The fourth-order valence-electron chi connectivity index (χ4n) is 2.58. The third-order valence-electron chi connectivity index (χ3n) is 3.31. The van der Waals surface area contributed by atoms with Gasteiger partial charge in [-0.1, -0.05) is 55.5 Å². The van der Waals surface area contributed by atoms with Crippen molar-refractivity contribution in [2.24, 2.45) is 0 Å². The van der Waals surface area contributed by atoms with E-state index >= 15 is 0 Å².